The third kappa shape index (κ3) is 3.39. The SMILES string of the molecule is CCNc1snnc1CN1CCC(NC(C)=O)C1. The highest BCUT2D eigenvalue weighted by Gasteiger charge is 2.24. The van der Waals surface area contributed by atoms with Gasteiger partial charge in [0.25, 0.3) is 0 Å². The molecule has 6 nitrogen and oxygen atoms in total. The van der Waals surface area contributed by atoms with Gasteiger partial charge in [0, 0.05) is 50.7 Å². The maximum Gasteiger partial charge on any atom is 0.217 e. The monoisotopic (exact) mass is 269 g/mol. The second-order valence-electron chi connectivity index (χ2n) is 4.50. The van der Waals surface area contributed by atoms with Gasteiger partial charge in [-0.05, 0) is 13.3 Å². The Bertz CT molecular complexity index is 408. The smallest absolute Gasteiger partial charge is 0.217 e. The zero-order chi connectivity index (χ0) is 13.0. The fourth-order valence-corrected chi connectivity index (χ4v) is 2.84. The number of carbonyl (C=O) groups excluding carboxylic acids is 1. The number of aromatic nitrogens is 2. The second kappa shape index (κ2) is 6.10. The molecular formula is C11H19N5OS. The van der Waals surface area contributed by atoms with Crippen LogP contribution in [0.5, 0.6) is 0 Å². The number of hydrogen-bond donors (Lipinski definition) is 2. The molecule has 1 saturated heterocycles. The summed E-state index contributed by atoms with van der Waals surface area (Å²) in [4.78, 5) is 13.3. The van der Waals surface area contributed by atoms with Crippen molar-refractivity contribution in [3.63, 3.8) is 0 Å². The molecule has 18 heavy (non-hydrogen) atoms. The Morgan fingerprint density at radius 1 is 1.61 bits per heavy atom. The molecule has 0 aliphatic carbocycles. The molecule has 0 aromatic carbocycles. The van der Waals surface area contributed by atoms with Gasteiger partial charge in [0.15, 0.2) is 0 Å². The van der Waals surface area contributed by atoms with E-state index in [-0.39, 0.29) is 11.9 Å². The second-order valence-corrected chi connectivity index (χ2v) is 5.25. The minimum absolute atomic E-state index is 0.0468. The molecule has 1 aromatic heterocycles. The summed E-state index contributed by atoms with van der Waals surface area (Å²) >= 11 is 1.40. The van der Waals surface area contributed by atoms with Crippen molar-refractivity contribution in [1.29, 1.82) is 0 Å². The molecule has 0 radical (unpaired) electrons. The van der Waals surface area contributed by atoms with E-state index in [1.807, 2.05) is 0 Å². The van der Waals surface area contributed by atoms with E-state index in [1.165, 1.54) is 11.5 Å². The molecule has 1 fully saturated rings. The molecule has 1 aliphatic rings. The normalized spacial score (nSPS) is 20.0. The Morgan fingerprint density at radius 3 is 3.17 bits per heavy atom. The van der Waals surface area contributed by atoms with E-state index in [4.69, 9.17) is 0 Å². The van der Waals surface area contributed by atoms with Gasteiger partial charge in [0.05, 0.1) is 0 Å². The first-order valence-electron chi connectivity index (χ1n) is 6.23. The van der Waals surface area contributed by atoms with Gasteiger partial charge in [-0.15, -0.1) is 5.10 Å². The zero-order valence-corrected chi connectivity index (χ0v) is 11.6. The molecule has 2 rings (SSSR count). The lowest BCUT2D eigenvalue weighted by Gasteiger charge is -2.15. The quantitative estimate of drug-likeness (QED) is 0.822. The standard InChI is InChI=1S/C11H19N5OS/c1-3-12-11-10(14-15-18-11)7-16-5-4-9(6-16)13-8(2)17/h9,12H,3-7H2,1-2H3,(H,13,17). The van der Waals surface area contributed by atoms with E-state index < -0.39 is 0 Å². The van der Waals surface area contributed by atoms with E-state index in [0.29, 0.717) is 0 Å². The molecule has 7 heteroatoms. The molecule has 1 amide bonds. The number of rotatable bonds is 5. The van der Waals surface area contributed by atoms with Crippen LogP contribution >= 0.6 is 11.5 Å². The topological polar surface area (TPSA) is 70.2 Å². The first-order valence-corrected chi connectivity index (χ1v) is 7.01. The highest BCUT2D eigenvalue weighted by atomic mass is 32.1. The molecular weight excluding hydrogens is 250 g/mol. The maximum atomic E-state index is 11.0. The van der Waals surface area contributed by atoms with Crippen LogP contribution in [0.2, 0.25) is 0 Å². The Morgan fingerprint density at radius 2 is 2.44 bits per heavy atom. The van der Waals surface area contributed by atoms with Crippen molar-refractivity contribution in [2.24, 2.45) is 0 Å². The lowest BCUT2D eigenvalue weighted by molar-refractivity contribution is -0.119. The molecule has 1 unspecified atom stereocenters. The van der Waals surface area contributed by atoms with Gasteiger partial charge in [-0.3, -0.25) is 9.69 Å². The van der Waals surface area contributed by atoms with E-state index in [9.17, 15) is 4.79 Å². The molecule has 100 valence electrons. The van der Waals surface area contributed by atoms with E-state index in [2.05, 4.69) is 32.0 Å². The predicted octanol–water partition coefficient (Wildman–Crippen LogP) is 0.680. The summed E-state index contributed by atoms with van der Waals surface area (Å²) in [6.07, 6.45) is 1.01. The van der Waals surface area contributed by atoms with E-state index in [1.54, 1.807) is 6.92 Å². The van der Waals surface area contributed by atoms with Gasteiger partial charge in [0.2, 0.25) is 5.91 Å². The summed E-state index contributed by atoms with van der Waals surface area (Å²) in [5, 5.41) is 11.4. The van der Waals surface area contributed by atoms with Crippen molar-refractivity contribution < 1.29 is 4.79 Å². The summed E-state index contributed by atoms with van der Waals surface area (Å²) in [6.45, 7) is 7.19. The van der Waals surface area contributed by atoms with Crippen LogP contribution in [0.25, 0.3) is 0 Å². The van der Waals surface area contributed by atoms with Crippen LogP contribution < -0.4 is 10.6 Å². The average Bonchev–Trinajstić information content (AvgIpc) is 2.90. The summed E-state index contributed by atoms with van der Waals surface area (Å²) in [7, 11) is 0. The van der Waals surface area contributed by atoms with Crippen molar-refractivity contribution in [1.82, 2.24) is 19.8 Å². The van der Waals surface area contributed by atoms with Gasteiger partial charge < -0.3 is 10.6 Å². The molecule has 1 aromatic rings. The van der Waals surface area contributed by atoms with Gasteiger partial charge >= 0.3 is 0 Å². The number of carbonyl (C=O) groups is 1. The zero-order valence-electron chi connectivity index (χ0n) is 10.8. The van der Waals surface area contributed by atoms with Gasteiger partial charge in [-0.1, -0.05) is 4.49 Å². The average molecular weight is 269 g/mol. The van der Waals surface area contributed by atoms with Crippen LogP contribution in [0.3, 0.4) is 0 Å². The number of nitrogens with one attached hydrogen (secondary N) is 2. The van der Waals surface area contributed by atoms with Crippen molar-refractivity contribution in [3.8, 4) is 0 Å². The van der Waals surface area contributed by atoms with Crippen LogP contribution in [0.4, 0.5) is 5.00 Å². The summed E-state index contributed by atoms with van der Waals surface area (Å²) < 4.78 is 3.98. The van der Waals surface area contributed by atoms with Gasteiger partial charge in [0.1, 0.15) is 10.7 Å². The highest BCUT2D eigenvalue weighted by Crippen LogP contribution is 2.21. The van der Waals surface area contributed by atoms with Crippen molar-refractivity contribution in [2.75, 3.05) is 25.0 Å². The first-order chi connectivity index (χ1) is 8.69. The number of amides is 1. The Hall–Kier alpha value is -1.21. The van der Waals surface area contributed by atoms with Crippen LogP contribution in [-0.4, -0.2) is 46.1 Å². The lowest BCUT2D eigenvalue weighted by Crippen LogP contribution is -2.35. The van der Waals surface area contributed by atoms with E-state index >= 15 is 0 Å². The van der Waals surface area contributed by atoms with Crippen molar-refractivity contribution >= 4 is 22.4 Å². The molecule has 1 aliphatic heterocycles. The van der Waals surface area contributed by atoms with Gasteiger partial charge in [-0.2, -0.15) is 0 Å². The number of hydrogen-bond acceptors (Lipinski definition) is 6. The number of nitrogens with zero attached hydrogens (tertiary/aromatic N) is 3. The molecule has 2 heterocycles. The van der Waals surface area contributed by atoms with Crippen LogP contribution in [0.1, 0.15) is 26.0 Å². The van der Waals surface area contributed by atoms with Gasteiger partial charge in [-0.25, -0.2) is 0 Å². The Balaban J connectivity index is 1.87. The maximum absolute atomic E-state index is 11.0. The lowest BCUT2D eigenvalue weighted by atomic mass is 10.2. The van der Waals surface area contributed by atoms with Crippen molar-refractivity contribution in [2.45, 2.75) is 32.9 Å². The highest BCUT2D eigenvalue weighted by molar-refractivity contribution is 7.10. The van der Waals surface area contributed by atoms with E-state index in [0.717, 1.165) is 43.3 Å². The molecule has 2 N–H and O–H groups in total. The van der Waals surface area contributed by atoms with Crippen LogP contribution in [0.15, 0.2) is 0 Å². The minimum Gasteiger partial charge on any atom is -0.374 e. The predicted molar refractivity (Wildman–Crippen MR) is 71.6 cm³/mol. The Kier molecular flexibility index (Phi) is 4.48. The Labute approximate surface area is 111 Å². The summed E-state index contributed by atoms with van der Waals surface area (Å²) in [5.74, 6) is 0.0468. The first kappa shape index (κ1) is 13.2. The number of likely N-dealkylation sites (tertiary alicyclic amines) is 1. The molecule has 0 spiro atoms. The van der Waals surface area contributed by atoms with Crippen molar-refractivity contribution in [3.05, 3.63) is 5.69 Å². The van der Waals surface area contributed by atoms with Crippen LogP contribution in [0, 0.1) is 0 Å². The molecule has 1 atom stereocenters. The third-order valence-corrected chi connectivity index (χ3v) is 3.67. The molecule has 0 bridgehead atoms. The third-order valence-electron chi connectivity index (χ3n) is 2.95. The fraction of sp³-hybridized carbons (Fsp3) is 0.727. The largest absolute Gasteiger partial charge is 0.374 e. The summed E-state index contributed by atoms with van der Waals surface area (Å²) in [6, 6.07) is 0.275. The van der Waals surface area contributed by atoms with Crippen LogP contribution in [-0.2, 0) is 11.3 Å². The molecule has 0 saturated carbocycles. The summed E-state index contributed by atoms with van der Waals surface area (Å²) in [5.41, 5.74) is 1.00. The fourth-order valence-electron chi connectivity index (χ4n) is 2.20. The number of anilines is 1. The minimum atomic E-state index is 0.0468.